The Morgan fingerprint density at radius 2 is 1.80 bits per heavy atom. The maximum Gasteiger partial charge on any atom is 0.0974 e. The van der Waals surface area contributed by atoms with Gasteiger partial charge >= 0.3 is 0 Å². The van der Waals surface area contributed by atoms with Crippen LogP contribution in [0.5, 0.6) is 0 Å². The molecule has 4 fully saturated rings. The van der Waals surface area contributed by atoms with Crippen LogP contribution in [-0.2, 0) is 4.74 Å². The van der Waals surface area contributed by atoms with Gasteiger partial charge in [-0.3, -0.25) is 0 Å². The van der Waals surface area contributed by atoms with E-state index in [1.165, 1.54) is 88.1 Å². The highest BCUT2D eigenvalue weighted by atomic mass is 16.5. The summed E-state index contributed by atoms with van der Waals surface area (Å²) in [5.41, 5.74) is 5.03. The summed E-state index contributed by atoms with van der Waals surface area (Å²) in [5, 5.41) is 2.75. The molecule has 0 N–H and O–H groups in total. The van der Waals surface area contributed by atoms with Gasteiger partial charge in [-0.1, -0.05) is 61.5 Å². The molecule has 2 heteroatoms. The lowest BCUT2D eigenvalue weighted by Gasteiger charge is -2.55. The van der Waals surface area contributed by atoms with E-state index in [0.717, 1.165) is 6.04 Å². The van der Waals surface area contributed by atoms with Crippen LogP contribution in [0.1, 0.15) is 82.6 Å². The first-order valence-corrected chi connectivity index (χ1v) is 14.4. The lowest BCUT2D eigenvalue weighted by Crippen LogP contribution is -2.55. The van der Waals surface area contributed by atoms with Gasteiger partial charge in [0.1, 0.15) is 0 Å². The van der Waals surface area contributed by atoms with Gasteiger partial charge in [-0.25, -0.2) is 0 Å². The number of hydrogen-bond donors (Lipinski definition) is 0. The van der Waals surface area contributed by atoms with Crippen molar-refractivity contribution in [2.24, 2.45) is 11.3 Å². The molecule has 2 saturated carbocycles. The highest BCUT2D eigenvalue weighted by Crippen LogP contribution is 2.69. The molecule has 2 aromatic carbocycles. The number of nitrogens with zero attached hydrogens (tertiary/aromatic N) is 1. The van der Waals surface area contributed by atoms with Crippen LogP contribution < -0.4 is 0 Å². The van der Waals surface area contributed by atoms with E-state index in [9.17, 15) is 0 Å². The number of hydrogen-bond acceptors (Lipinski definition) is 2. The van der Waals surface area contributed by atoms with Crippen LogP contribution in [0.4, 0.5) is 0 Å². The number of rotatable bonds is 2. The standard InChI is InChI=1S/C33H39NO/c1-31-15-14-27-21-26-10-11-28(34-18-4-5-19-34)22-32(26)16-17-33(27,35-32)30(31)13-12-29(31)25-9-8-23-6-2-3-7-24(23)20-25/h2-3,6-9,14,20-21,28-30H,4-5,10-13,15-19,22H2,1H3/t28-,29-,30-,31-,32-,33-/m1/s1. The minimum absolute atomic E-state index is 0.0299. The molecule has 3 aliphatic carbocycles. The fourth-order valence-electron chi connectivity index (χ4n) is 9.77. The Kier molecular flexibility index (Phi) is 4.44. The van der Waals surface area contributed by atoms with E-state index in [2.05, 4.69) is 66.4 Å². The molecule has 2 saturated heterocycles. The first kappa shape index (κ1) is 21.2. The molecule has 0 radical (unpaired) electrons. The van der Waals surface area contributed by atoms with Crippen molar-refractivity contribution in [3.8, 4) is 0 Å². The maximum atomic E-state index is 7.54. The van der Waals surface area contributed by atoms with Gasteiger partial charge in [0.15, 0.2) is 0 Å². The van der Waals surface area contributed by atoms with Crippen LogP contribution in [-0.4, -0.2) is 35.2 Å². The predicted octanol–water partition coefficient (Wildman–Crippen LogP) is 7.55. The Hall–Kier alpha value is -1.90. The quantitative estimate of drug-likeness (QED) is 0.454. The second-order valence-electron chi connectivity index (χ2n) is 13.0. The van der Waals surface area contributed by atoms with E-state index in [4.69, 9.17) is 4.74 Å². The van der Waals surface area contributed by atoms with E-state index in [0.29, 0.717) is 11.8 Å². The second-order valence-corrected chi connectivity index (χ2v) is 13.0. The van der Waals surface area contributed by atoms with E-state index < -0.39 is 0 Å². The molecule has 3 heterocycles. The van der Waals surface area contributed by atoms with Crippen molar-refractivity contribution in [2.75, 3.05) is 13.1 Å². The summed E-state index contributed by atoms with van der Waals surface area (Å²) < 4.78 is 7.54. The van der Waals surface area contributed by atoms with Crippen LogP contribution in [0, 0.1) is 11.3 Å². The van der Waals surface area contributed by atoms with Gasteiger partial charge in [-0.05, 0) is 122 Å². The highest BCUT2D eigenvalue weighted by molar-refractivity contribution is 5.83. The summed E-state index contributed by atoms with van der Waals surface area (Å²) >= 11 is 0. The van der Waals surface area contributed by atoms with Crippen LogP contribution in [0.2, 0.25) is 0 Å². The largest absolute Gasteiger partial charge is 0.359 e. The summed E-state index contributed by atoms with van der Waals surface area (Å²) in [6, 6.07) is 16.8. The number of fused-ring (bicyclic) bond motifs is 2. The summed E-state index contributed by atoms with van der Waals surface area (Å²) in [6.45, 7) is 5.22. The topological polar surface area (TPSA) is 12.5 Å². The van der Waals surface area contributed by atoms with E-state index in [1.807, 2.05) is 0 Å². The third-order valence-electron chi connectivity index (χ3n) is 11.5. The summed E-state index contributed by atoms with van der Waals surface area (Å²) in [6.07, 6.45) is 18.1. The zero-order chi connectivity index (χ0) is 23.3. The average molecular weight is 466 g/mol. The van der Waals surface area contributed by atoms with Crippen molar-refractivity contribution in [1.82, 2.24) is 4.90 Å². The van der Waals surface area contributed by atoms with Crippen molar-refractivity contribution < 1.29 is 4.74 Å². The van der Waals surface area contributed by atoms with Crippen molar-refractivity contribution in [1.29, 1.82) is 0 Å². The average Bonchev–Trinajstić information content (AvgIpc) is 3.60. The Morgan fingerprint density at radius 3 is 2.69 bits per heavy atom. The van der Waals surface area contributed by atoms with Crippen LogP contribution in [0.3, 0.4) is 0 Å². The molecule has 3 aliphatic heterocycles. The minimum Gasteiger partial charge on any atom is -0.359 e. The van der Waals surface area contributed by atoms with Gasteiger partial charge in [0.25, 0.3) is 0 Å². The predicted molar refractivity (Wildman–Crippen MR) is 143 cm³/mol. The first-order chi connectivity index (χ1) is 17.1. The zero-order valence-corrected chi connectivity index (χ0v) is 21.3. The van der Waals surface area contributed by atoms with Crippen LogP contribution in [0.15, 0.2) is 65.8 Å². The molecule has 2 bridgehead atoms. The lowest BCUT2D eigenvalue weighted by molar-refractivity contribution is -0.140. The molecule has 6 atom stereocenters. The van der Waals surface area contributed by atoms with Crippen LogP contribution in [0.25, 0.3) is 10.8 Å². The Morgan fingerprint density at radius 1 is 0.943 bits per heavy atom. The number of likely N-dealkylation sites (tertiary alicyclic amines) is 1. The molecule has 35 heavy (non-hydrogen) atoms. The molecule has 0 amide bonds. The number of allylic oxidation sites excluding steroid dienone is 1. The molecular weight excluding hydrogens is 426 g/mol. The molecule has 2 spiro atoms. The van der Waals surface area contributed by atoms with Crippen LogP contribution >= 0.6 is 0 Å². The molecule has 8 rings (SSSR count). The third-order valence-corrected chi connectivity index (χ3v) is 11.5. The fraction of sp³-hybridized carbons (Fsp3) is 0.576. The van der Waals surface area contributed by atoms with Gasteiger partial charge in [-0.15, -0.1) is 0 Å². The molecule has 2 aromatic rings. The number of ether oxygens (including phenoxy) is 1. The smallest absolute Gasteiger partial charge is 0.0974 e. The second kappa shape index (κ2) is 7.33. The highest BCUT2D eigenvalue weighted by Gasteiger charge is 2.66. The van der Waals surface area contributed by atoms with Gasteiger partial charge in [0, 0.05) is 6.04 Å². The van der Waals surface area contributed by atoms with E-state index >= 15 is 0 Å². The monoisotopic (exact) mass is 465 g/mol. The minimum atomic E-state index is -0.0327. The third kappa shape index (κ3) is 2.85. The van der Waals surface area contributed by atoms with E-state index in [-0.39, 0.29) is 16.6 Å². The molecule has 182 valence electrons. The Labute approximate surface area is 210 Å². The van der Waals surface area contributed by atoms with Gasteiger partial charge < -0.3 is 9.64 Å². The summed E-state index contributed by atoms with van der Waals surface area (Å²) in [4.78, 5) is 2.79. The SMILES string of the molecule is C[C@]12CC=C3C=C4CC[C@@H](N5CCCC5)C[C@]45CC[C@]3(O5)[C@@H]1CC[C@@H]2c1ccc2ccccc2c1. The van der Waals surface area contributed by atoms with Crippen molar-refractivity contribution >= 4 is 10.8 Å². The number of benzene rings is 2. The summed E-state index contributed by atoms with van der Waals surface area (Å²) in [7, 11) is 0. The molecule has 0 unspecified atom stereocenters. The molecule has 2 nitrogen and oxygen atoms in total. The fourth-order valence-corrected chi connectivity index (χ4v) is 9.77. The lowest BCUT2D eigenvalue weighted by atomic mass is 9.58. The maximum absolute atomic E-state index is 7.54. The molecule has 0 aromatic heterocycles. The molecular formula is C33H39NO. The van der Waals surface area contributed by atoms with E-state index in [1.54, 1.807) is 16.7 Å². The van der Waals surface area contributed by atoms with Gasteiger partial charge in [-0.2, -0.15) is 0 Å². The Balaban J connectivity index is 1.15. The Bertz CT molecular complexity index is 1250. The van der Waals surface area contributed by atoms with Gasteiger partial charge in [0.2, 0.25) is 0 Å². The molecule has 6 aliphatic rings. The van der Waals surface area contributed by atoms with Crippen molar-refractivity contribution in [3.05, 3.63) is 71.3 Å². The summed E-state index contributed by atoms with van der Waals surface area (Å²) in [5.74, 6) is 1.26. The van der Waals surface area contributed by atoms with Gasteiger partial charge in [0.05, 0.1) is 11.2 Å². The zero-order valence-electron chi connectivity index (χ0n) is 21.3. The van der Waals surface area contributed by atoms with Crippen molar-refractivity contribution in [3.63, 3.8) is 0 Å². The van der Waals surface area contributed by atoms with Crippen molar-refractivity contribution in [2.45, 2.75) is 94.3 Å². The first-order valence-electron chi connectivity index (χ1n) is 14.4. The normalized spacial score (nSPS) is 42.4.